The third-order valence-electron chi connectivity index (χ3n) is 9.52. The van der Waals surface area contributed by atoms with E-state index in [4.69, 9.17) is 4.43 Å². The molecule has 0 saturated heterocycles. The third kappa shape index (κ3) is 3.43. The van der Waals surface area contributed by atoms with Gasteiger partial charge in [0, 0.05) is 13.0 Å². The maximum Gasteiger partial charge on any atom is 0.204 e. The second kappa shape index (κ2) is 7.73. The Morgan fingerprint density at radius 3 is 2.47 bits per heavy atom. The maximum absolute atomic E-state index is 12.2. The molecule has 0 amide bonds. The first-order chi connectivity index (χ1) is 14.0. The van der Waals surface area contributed by atoms with Gasteiger partial charge in [0.25, 0.3) is 0 Å². The summed E-state index contributed by atoms with van der Waals surface area (Å²) in [6, 6.07) is 0. The highest BCUT2D eigenvalue weighted by Gasteiger charge is 2.62. The molecule has 0 spiro atoms. The minimum atomic E-state index is -0.690. The standard InChI is InChI=1S/C27H43O2Si/c1-8-18-15-19-16-20(28)11-13-26(19,5)21-12-14-27(17-29-30(6)7)22(24(18)21)9-10-23(27)25(2,3)4/h15-16,21-24H,8-14,17H2,1-7H3/t21-,22-,23+,24+,26-,27+/m0/s1. The zero-order chi connectivity index (χ0) is 21.9. The second-order valence-electron chi connectivity index (χ2n) is 12.3. The number of ketones is 1. The van der Waals surface area contributed by atoms with Crippen LogP contribution in [0.5, 0.6) is 0 Å². The van der Waals surface area contributed by atoms with Crippen LogP contribution in [0.3, 0.4) is 0 Å². The Morgan fingerprint density at radius 1 is 1.10 bits per heavy atom. The van der Waals surface area contributed by atoms with Crippen molar-refractivity contribution in [1.29, 1.82) is 0 Å². The molecule has 0 aromatic carbocycles. The highest BCUT2D eigenvalue weighted by Crippen LogP contribution is 2.69. The molecule has 0 unspecified atom stereocenters. The summed E-state index contributed by atoms with van der Waals surface area (Å²) in [5.74, 6) is 3.19. The molecular formula is C27H43O2Si. The number of carbonyl (C=O) groups is 1. The molecule has 0 aromatic heterocycles. The lowest BCUT2D eigenvalue weighted by Gasteiger charge is -2.59. The van der Waals surface area contributed by atoms with E-state index in [1.165, 1.54) is 31.3 Å². The van der Waals surface area contributed by atoms with Gasteiger partial charge in [-0.25, -0.2) is 0 Å². The average molecular weight is 428 g/mol. The molecule has 0 aliphatic heterocycles. The molecular weight excluding hydrogens is 384 g/mol. The Morgan fingerprint density at radius 2 is 1.83 bits per heavy atom. The minimum absolute atomic E-state index is 0.189. The molecule has 0 bridgehead atoms. The molecule has 1 radical (unpaired) electrons. The fourth-order valence-electron chi connectivity index (χ4n) is 8.22. The maximum atomic E-state index is 12.2. The molecule has 30 heavy (non-hydrogen) atoms. The SMILES string of the molecule is CCC1=CC2=CC(=O)CC[C@]2(C)[C@H]2CC[C@]3(CO[Si](C)C)[C@@H](C(C)(C)C)CC[C@H]3[C@H]12. The van der Waals surface area contributed by atoms with E-state index < -0.39 is 9.04 Å². The summed E-state index contributed by atoms with van der Waals surface area (Å²) in [5, 5.41) is 0. The van der Waals surface area contributed by atoms with Gasteiger partial charge in [0.2, 0.25) is 9.04 Å². The summed E-state index contributed by atoms with van der Waals surface area (Å²) in [6.07, 6.45) is 12.7. The lowest BCUT2D eigenvalue weighted by molar-refractivity contribution is -0.117. The largest absolute Gasteiger partial charge is 0.417 e. The van der Waals surface area contributed by atoms with E-state index >= 15 is 0 Å². The first kappa shape index (κ1) is 22.5. The van der Waals surface area contributed by atoms with Gasteiger partial charge in [-0.15, -0.1) is 0 Å². The number of rotatable bonds is 4. The minimum Gasteiger partial charge on any atom is -0.417 e. The summed E-state index contributed by atoms with van der Waals surface area (Å²) in [4.78, 5) is 12.2. The average Bonchev–Trinajstić information content (AvgIpc) is 3.07. The van der Waals surface area contributed by atoms with Crippen LogP contribution in [0.25, 0.3) is 0 Å². The molecule has 2 saturated carbocycles. The van der Waals surface area contributed by atoms with Crippen molar-refractivity contribution in [2.45, 2.75) is 92.7 Å². The van der Waals surface area contributed by atoms with Crippen LogP contribution in [0.2, 0.25) is 13.1 Å². The van der Waals surface area contributed by atoms with Gasteiger partial charge in [0.15, 0.2) is 5.78 Å². The predicted octanol–water partition coefficient (Wildman–Crippen LogP) is 6.98. The van der Waals surface area contributed by atoms with E-state index in [2.05, 4.69) is 53.8 Å². The summed E-state index contributed by atoms with van der Waals surface area (Å²) < 4.78 is 6.53. The molecule has 0 aromatic rings. The van der Waals surface area contributed by atoms with Crippen molar-refractivity contribution in [2.24, 2.45) is 39.9 Å². The van der Waals surface area contributed by atoms with Crippen LogP contribution in [0, 0.1) is 39.9 Å². The van der Waals surface area contributed by atoms with Gasteiger partial charge in [0.05, 0.1) is 0 Å². The number of fused-ring (bicyclic) bond motifs is 5. The van der Waals surface area contributed by atoms with Crippen molar-refractivity contribution in [1.82, 2.24) is 0 Å². The lowest BCUT2D eigenvalue weighted by atomic mass is 9.45. The summed E-state index contributed by atoms with van der Waals surface area (Å²) >= 11 is 0. The van der Waals surface area contributed by atoms with Gasteiger partial charge in [-0.1, -0.05) is 46.3 Å². The molecule has 4 aliphatic rings. The van der Waals surface area contributed by atoms with Crippen molar-refractivity contribution in [3.8, 4) is 0 Å². The highest BCUT2D eigenvalue weighted by atomic mass is 28.3. The van der Waals surface area contributed by atoms with Crippen molar-refractivity contribution in [3.05, 3.63) is 23.3 Å². The summed E-state index contributed by atoms with van der Waals surface area (Å²) in [7, 11) is -0.690. The zero-order valence-corrected chi connectivity index (χ0v) is 21.4. The van der Waals surface area contributed by atoms with Crippen LogP contribution >= 0.6 is 0 Å². The number of allylic oxidation sites excluding steroid dienone is 4. The quantitative estimate of drug-likeness (QED) is 0.452. The fraction of sp³-hybridized carbons (Fsp3) is 0.815. The summed E-state index contributed by atoms with van der Waals surface area (Å²) in [6.45, 7) is 17.7. The van der Waals surface area contributed by atoms with Crippen LogP contribution in [0.15, 0.2) is 23.3 Å². The van der Waals surface area contributed by atoms with E-state index in [0.717, 1.165) is 37.7 Å². The van der Waals surface area contributed by atoms with Crippen LogP contribution in [0.1, 0.15) is 79.6 Å². The lowest BCUT2D eigenvalue weighted by Crippen LogP contribution is -2.54. The molecule has 4 aliphatic carbocycles. The number of hydrogen-bond acceptors (Lipinski definition) is 2. The highest BCUT2D eigenvalue weighted by molar-refractivity contribution is 6.48. The molecule has 3 heteroatoms. The van der Waals surface area contributed by atoms with Crippen LogP contribution in [0.4, 0.5) is 0 Å². The van der Waals surface area contributed by atoms with E-state index in [1.807, 2.05) is 6.08 Å². The van der Waals surface area contributed by atoms with Gasteiger partial charge >= 0.3 is 0 Å². The second-order valence-corrected chi connectivity index (χ2v) is 14.4. The van der Waals surface area contributed by atoms with Gasteiger partial charge in [-0.05, 0) is 103 Å². The predicted molar refractivity (Wildman–Crippen MR) is 127 cm³/mol. The van der Waals surface area contributed by atoms with Crippen LogP contribution < -0.4 is 0 Å². The van der Waals surface area contributed by atoms with Crippen LogP contribution in [-0.4, -0.2) is 21.4 Å². The molecule has 2 nitrogen and oxygen atoms in total. The number of hydrogen-bond donors (Lipinski definition) is 0. The van der Waals surface area contributed by atoms with Gasteiger partial charge < -0.3 is 4.43 Å². The Hall–Kier alpha value is -0.673. The molecule has 0 heterocycles. The van der Waals surface area contributed by atoms with E-state index in [9.17, 15) is 4.79 Å². The van der Waals surface area contributed by atoms with E-state index in [0.29, 0.717) is 28.4 Å². The normalized spacial score (nSPS) is 41.1. The Kier molecular flexibility index (Phi) is 5.80. The zero-order valence-electron chi connectivity index (χ0n) is 20.4. The first-order valence-corrected chi connectivity index (χ1v) is 14.8. The molecule has 167 valence electrons. The van der Waals surface area contributed by atoms with Gasteiger partial charge in [-0.2, -0.15) is 0 Å². The van der Waals surface area contributed by atoms with Gasteiger partial charge in [0.1, 0.15) is 0 Å². The van der Waals surface area contributed by atoms with E-state index in [-0.39, 0.29) is 5.41 Å². The third-order valence-corrected chi connectivity index (χ3v) is 10.2. The molecule has 0 N–H and O–H groups in total. The molecule has 2 fully saturated rings. The van der Waals surface area contributed by atoms with Gasteiger partial charge in [-0.3, -0.25) is 4.79 Å². The van der Waals surface area contributed by atoms with Crippen LogP contribution in [-0.2, 0) is 9.22 Å². The fourth-order valence-corrected chi connectivity index (χ4v) is 8.78. The smallest absolute Gasteiger partial charge is 0.204 e. The van der Waals surface area contributed by atoms with Crippen molar-refractivity contribution in [3.63, 3.8) is 0 Å². The van der Waals surface area contributed by atoms with Crippen molar-refractivity contribution >= 4 is 14.8 Å². The van der Waals surface area contributed by atoms with Crippen molar-refractivity contribution in [2.75, 3.05) is 6.61 Å². The summed E-state index contributed by atoms with van der Waals surface area (Å²) in [5.41, 5.74) is 3.82. The van der Waals surface area contributed by atoms with Crippen molar-refractivity contribution < 1.29 is 9.22 Å². The Labute approximate surface area is 186 Å². The molecule has 4 rings (SSSR count). The number of carbonyl (C=O) groups excluding carboxylic acids is 1. The Bertz CT molecular complexity index is 757. The monoisotopic (exact) mass is 427 g/mol. The van der Waals surface area contributed by atoms with E-state index in [1.54, 1.807) is 5.57 Å². The molecule has 6 atom stereocenters. The first-order valence-electron chi connectivity index (χ1n) is 12.4. The Balaban J connectivity index is 1.79. The topological polar surface area (TPSA) is 26.3 Å².